The van der Waals surface area contributed by atoms with Crippen LogP contribution in [0, 0.1) is 5.82 Å². The maximum Gasteiger partial charge on any atom is 0.322 e. The zero-order valence-corrected chi connectivity index (χ0v) is 21.6. The molecular formula is C28H23FN10O2. The van der Waals surface area contributed by atoms with E-state index in [2.05, 4.69) is 30.5 Å². The molecule has 0 aliphatic carbocycles. The van der Waals surface area contributed by atoms with Crippen molar-refractivity contribution < 1.29 is 13.9 Å². The number of anilines is 1. The zero-order chi connectivity index (χ0) is 27.9. The van der Waals surface area contributed by atoms with Gasteiger partial charge in [0.1, 0.15) is 22.5 Å². The van der Waals surface area contributed by atoms with Crippen LogP contribution < -0.4 is 11.2 Å². The van der Waals surface area contributed by atoms with Crippen molar-refractivity contribution in [1.82, 2.24) is 39.7 Å². The van der Waals surface area contributed by atoms with E-state index in [4.69, 9.17) is 15.6 Å². The molecule has 6 heterocycles. The number of hydrogen-bond acceptors (Lipinski definition) is 8. The lowest BCUT2D eigenvalue weighted by molar-refractivity contribution is 0.0564. The minimum absolute atomic E-state index is 0.202. The minimum Gasteiger partial charge on any atom is -0.378 e. The molecule has 0 atom stereocenters. The Kier molecular flexibility index (Phi) is 5.97. The van der Waals surface area contributed by atoms with E-state index >= 15 is 0 Å². The van der Waals surface area contributed by atoms with Gasteiger partial charge < -0.3 is 20.8 Å². The first kappa shape index (κ1) is 24.6. The fourth-order valence-electron chi connectivity index (χ4n) is 4.91. The van der Waals surface area contributed by atoms with Crippen LogP contribution in [0.25, 0.3) is 55.8 Å². The number of imidazole rings is 1. The van der Waals surface area contributed by atoms with Crippen LogP contribution in [0.5, 0.6) is 0 Å². The number of aromatic nitrogens is 7. The van der Waals surface area contributed by atoms with Crippen molar-refractivity contribution >= 4 is 33.8 Å². The lowest BCUT2D eigenvalue weighted by Gasteiger charge is -2.26. The molecular weight excluding hydrogens is 527 g/mol. The van der Waals surface area contributed by atoms with Crippen molar-refractivity contribution in [3.8, 4) is 33.8 Å². The number of benzene rings is 1. The third-order valence-electron chi connectivity index (χ3n) is 6.99. The van der Waals surface area contributed by atoms with Crippen LogP contribution in [0.15, 0.2) is 67.4 Å². The number of carbonyl (C=O) groups is 1. The average Bonchev–Trinajstić information content (AvgIpc) is 3.58. The molecule has 5 aromatic heterocycles. The quantitative estimate of drug-likeness (QED) is 0.280. The number of nitrogens with zero attached hydrogens (tertiary/aromatic N) is 7. The first-order valence-corrected chi connectivity index (χ1v) is 12.9. The first-order valence-electron chi connectivity index (χ1n) is 12.9. The van der Waals surface area contributed by atoms with Crippen LogP contribution in [-0.4, -0.2) is 72.0 Å². The van der Waals surface area contributed by atoms with E-state index in [1.165, 1.54) is 16.8 Å². The second kappa shape index (κ2) is 9.95. The van der Waals surface area contributed by atoms with Gasteiger partial charge in [0, 0.05) is 48.4 Å². The summed E-state index contributed by atoms with van der Waals surface area (Å²) in [6.45, 7) is 2.11. The van der Waals surface area contributed by atoms with Gasteiger partial charge in [-0.1, -0.05) is 12.1 Å². The van der Waals surface area contributed by atoms with Crippen LogP contribution in [0.4, 0.5) is 14.9 Å². The average molecular weight is 551 g/mol. The molecule has 0 radical (unpaired) electrons. The second-order valence-corrected chi connectivity index (χ2v) is 9.55. The van der Waals surface area contributed by atoms with Gasteiger partial charge in [0.25, 0.3) is 0 Å². The molecule has 2 amide bonds. The monoisotopic (exact) mass is 550 g/mol. The Bertz CT molecular complexity index is 1930. The van der Waals surface area contributed by atoms with Gasteiger partial charge in [0.05, 0.1) is 36.7 Å². The predicted octanol–water partition coefficient (Wildman–Crippen LogP) is 3.82. The number of hydrogen-bond donors (Lipinski definition) is 3. The van der Waals surface area contributed by atoms with Gasteiger partial charge in [-0.05, 0) is 29.8 Å². The Morgan fingerprint density at radius 1 is 1.00 bits per heavy atom. The molecule has 0 saturated carbocycles. The molecule has 1 fully saturated rings. The van der Waals surface area contributed by atoms with Crippen molar-refractivity contribution in [2.75, 3.05) is 37.5 Å². The summed E-state index contributed by atoms with van der Waals surface area (Å²) in [4.78, 5) is 32.3. The Hall–Kier alpha value is -5.43. The fourth-order valence-corrected chi connectivity index (χ4v) is 4.91. The topological polar surface area (TPSA) is 153 Å². The summed E-state index contributed by atoms with van der Waals surface area (Å²) in [5.41, 5.74) is 5.53. The van der Waals surface area contributed by atoms with Gasteiger partial charge in [-0.2, -0.15) is 5.10 Å². The van der Waals surface area contributed by atoms with Gasteiger partial charge >= 0.3 is 6.03 Å². The highest BCUT2D eigenvalue weighted by molar-refractivity contribution is 5.97. The number of rotatable bonds is 4. The number of nitrogens with two attached hydrogens (primary N) is 1. The van der Waals surface area contributed by atoms with E-state index in [1.54, 1.807) is 48.0 Å². The largest absolute Gasteiger partial charge is 0.378 e. The van der Waals surface area contributed by atoms with Gasteiger partial charge in [-0.3, -0.25) is 15.1 Å². The summed E-state index contributed by atoms with van der Waals surface area (Å²) in [5, 5.41) is 11.0. The maximum absolute atomic E-state index is 14.0. The van der Waals surface area contributed by atoms with Crippen molar-refractivity contribution in [1.29, 1.82) is 0 Å². The molecule has 6 aromatic rings. The standard InChI is InChI=1S/C28H23FN10O2/c29-19-3-1-2-16(8-19)22-14-32-15-23-24(22)35-27(39(23)30)25-21-10-18(12-33-26(21)37-36-25)17-9-20(13-31-11-17)34-28(40)38-4-6-41-7-5-38/h1-3,8-15H,4-7,30H2,(H,34,40)(H,33,36,37). The number of carbonyl (C=O) groups excluding carboxylic acids is 1. The molecule has 41 heavy (non-hydrogen) atoms. The summed E-state index contributed by atoms with van der Waals surface area (Å²) in [6.07, 6.45) is 8.23. The van der Waals surface area contributed by atoms with Crippen molar-refractivity contribution in [2.45, 2.75) is 0 Å². The molecule has 0 bridgehead atoms. The van der Waals surface area contributed by atoms with E-state index in [-0.39, 0.29) is 11.8 Å². The number of nitrogen functional groups attached to an aromatic ring is 1. The molecule has 12 nitrogen and oxygen atoms in total. The number of fused-ring (bicyclic) bond motifs is 2. The lowest BCUT2D eigenvalue weighted by atomic mass is 10.1. The normalized spacial score (nSPS) is 13.6. The highest BCUT2D eigenvalue weighted by Crippen LogP contribution is 2.33. The molecule has 13 heteroatoms. The van der Waals surface area contributed by atoms with E-state index in [9.17, 15) is 9.18 Å². The molecule has 1 aliphatic heterocycles. The molecule has 1 aliphatic rings. The summed E-state index contributed by atoms with van der Waals surface area (Å²) >= 11 is 0. The highest BCUT2D eigenvalue weighted by atomic mass is 19.1. The number of morpholine rings is 1. The Labute approximate surface area is 232 Å². The Morgan fingerprint density at radius 2 is 1.83 bits per heavy atom. The van der Waals surface area contributed by atoms with E-state index in [0.717, 1.165) is 11.1 Å². The summed E-state index contributed by atoms with van der Waals surface area (Å²) in [7, 11) is 0. The van der Waals surface area contributed by atoms with Gasteiger partial charge in [-0.25, -0.2) is 23.8 Å². The zero-order valence-electron chi connectivity index (χ0n) is 21.6. The number of amides is 2. The van der Waals surface area contributed by atoms with Crippen molar-refractivity contribution in [3.63, 3.8) is 0 Å². The SMILES string of the molecule is Nn1c(-c2n[nH]c3ncc(-c4cncc(NC(=O)N5CCOCC5)c4)cc23)nc2c(-c3cccc(F)c3)cncc21. The second-order valence-electron chi connectivity index (χ2n) is 9.55. The van der Waals surface area contributed by atoms with Crippen molar-refractivity contribution in [3.05, 3.63) is 73.2 Å². The van der Waals surface area contributed by atoms with E-state index in [0.29, 0.717) is 76.7 Å². The van der Waals surface area contributed by atoms with Crippen LogP contribution in [0.2, 0.25) is 0 Å². The van der Waals surface area contributed by atoms with Crippen LogP contribution >= 0.6 is 0 Å². The van der Waals surface area contributed by atoms with Crippen LogP contribution in [0.1, 0.15) is 0 Å². The third kappa shape index (κ3) is 4.47. The smallest absolute Gasteiger partial charge is 0.322 e. The van der Waals surface area contributed by atoms with E-state index in [1.807, 2.05) is 12.1 Å². The maximum atomic E-state index is 14.0. The minimum atomic E-state index is -0.358. The van der Waals surface area contributed by atoms with Gasteiger partial charge in [0.2, 0.25) is 0 Å². The number of halogens is 1. The molecule has 1 aromatic carbocycles. The number of aromatic amines is 1. The van der Waals surface area contributed by atoms with Crippen LogP contribution in [-0.2, 0) is 4.74 Å². The number of H-pyrrole nitrogens is 1. The van der Waals surface area contributed by atoms with Crippen LogP contribution in [0.3, 0.4) is 0 Å². The first-order chi connectivity index (χ1) is 20.0. The number of nitrogens with one attached hydrogen (secondary N) is 2. The molecule has 0 unspecified atom stereocenters. The van der Waals surface area contributed by atoms with E-state index < -0.39 is 0 Å². The number of ether oxygens (including phenoxy) is 1. The number of urea groups is 1. The molecule has 1 saturated heterocycles. The van der Waals surface area contributed by atoms with Gasteiger partial charge in [0.15, 0.2) is 11.5 Å². The van der Waals surface area contributed by atoms with Crippen molar-refractivity contribution in [2.24, 2.45) is 0 Å². The molecule has 0 spiro atoms. The highest BCUT2D eigenvalue weighted by Gasteiger charge is 2.21. The van der Waals surface area contributed by atoms with Gasteiger partial charge in [-0.15, -0.1) is 0 Å². The molecule has 204 valence electrons. The summed E-state index contributed by atoms with van der Waals surface area (Å²) in [5.74, 6) is 6.51. The molecule has 4 N–H and O–H groups in total. The predicted molar refractivity (Wildman–Crippen MR) is 151 cm³/mol. The summed E-state index contributed by atoms with van der Waals surface area (Å²) in [6, 6.07) is 9.79. The Morgan fingerprint density at radius 3 is 2.68 bits per heavy atom. The summed E-state index contributed by atoms with van der Waals surface area (Å²) < 4.78 is 20.7. The molecule has 7 rings (SSSR count). The number of pyridine rings is 3. The fraction of sp³-hybridized carbons (Fsp3) is 0.143. The lowest BCUT2D eigenvalue weighted by Crippen LogP contribution is -2.43. The Balaban J connectivity index is 1.25. The third-order valence-corrected chi connectivity index (χ3v) is 6.99.